The van der Waals surface area contributed by atoms with E-state index in [2.05, 4.69) is 34.0 Å². The fourth-order valence-electron chi connectivity index (χ4n) is 2.71. The Balaban J connectivity index is 0.00000264. The lowest BCUT2D eigenvalue weighted by molar-refractivity contribution is 0.0264. The molecule has 0 aliphatic carbocycles. The number of aliphatic imine (C=N–C) groups is 1. The van der Waals surface area contributed by atoms with E-state index in [1.807, 2.05) is 24.6 Å². The van der Waals surface area contributed by atoms with Gasteiger partial charge in [-0.2, -0.15) is 0 Å². The number of guanidine groups is 1. The molecule has 2 rings (SSSR count). The lowest BCUT2D eigenvalue weighted by Gasteiger charge is -2.34. The van der Waals surface area contributed by atoms with Gasteiger partial charge in [-0.15, -0.1) is 35.3 Å². The molecule has 0 unspecified atom stereocenters. The van der Waals surface area contributed by atoms with Crippen LogP contribution in [-0.4, -0.2) is 55.2 Å². The van der Waals surface area contributed by atoms with Gasteiger partial charge in [0, 0.05) is 50.8 Å². The number of thiazole rings is 1. The molecular weight excluding hydrogens is 423 g/mol. The van der Waals surface area contributed by atoms with E-state index in [1.165, 1.54) is 9.88 Å². The van der Waals surface area contributed by atoms with Crippen molar-refractivity contribution in [2.75, 3.05) is 33.3 Å². The topological polar surface area (TPSA) is 49.8 Å². The molecule has 7 heteroatoms. The van der Waals surface area contributed by atoms with E-state index in [-0.39, 0.29) is 24.0 Å². The van der Waals surface area contributed by atoms with Crippen molar-refractivity contribution >= 4 is 41.3 Å². The molecule has 1 aliphatic rings. The highest BCUT2D eigenvalue weighted by Gasteiger charge is 2.21. The minimum atomic E-state index is 0. The molecule has 0 bridgehead atoms. The minimum Gasteiger partial charge on any atom is -0.378 e. The zero-order valence-electron chi connectivity index (χ0n) is 14.4. The number of ether oxygens (including phenoxy) is 1. The zero-order valence-corrected chi connectivity index (χ0v) is 17.5. The number of halogens is 1. The SMILES string of the molecule is CCOC1CCN(C(=NC)NCCc2ncc(CC)s2)CC1.I. The van der Waals surface area contributed by atoms with Crippen molar-refractivity contribution in [2.24, 2.45) is 4.99 Å². The first kappa shape index (κ1) is 20.6. The molecule has 0 spiro atoms. The number of piperidine rings is 1. The Morgan fingerprint density at radius 3 is 2.74 bits per heavy atom. The van der Waals surface area contributed by atoms with Crippen molar-refractivity contribution in [1.82, 2.24) is 15.2 Å². The summed E-state index contributed by atoms with van der Waals surface area (Å²) < 4.78 is 5.70. The van der Waals surface area contributed by atoms with Crippen molar-refractivity contribution in [1.29, 1.82) is 0 Å². The fourth-order valence-corrected chi connectivity index (χ4v) is 3.57. The summed E-state index contributed by atoms with van der Waals surface area (Å²) in [5, 5.41) is 4.67. The van der Waals surface area contributed by atoms with Crippen LogP contribution >= 0.6 is 35.3 Å². The number of hydrogen-bond donors (Lipinski definition) is 1. The van der Waals surface area contributed by atoms with Crippen molar-refractivity contribution < 1.29 is 4.74 Å². The molecule has 1 aromatic rings. The average Bonchev–Trinajstić information content (AvgIpc) is 3.01. The van der Waals surface area contributed by atoms with Crippen LogP contribution in [0.1, 0.15) is 36.6 Å². The Labute approximate surface area is 160 Å². The van der Waals surface area contributed by atoms with E-state index in [1.54, 1.807) is 0 Å². The van der Waals surface area contributed by atoms with E-state index in [9.17, 15) is 0 Å². The molecule has 1 aliphatic heterocycles. The first-order valence-electron chi connectivity index (χ1n) is 8.27. The zero-order chi connectivity index (χ0) is 15.8. The van der Waals surface area contributed by atoms with Gasteiger partial charge in [-0.1, -0.05) is 6.92 Å². The Hall–Kier alpha value is -0.410. The predicted molar refractivity (Wildman–Crippen MR) is 108 cm³/mol. The van der Waals surface area contributed by atoms with Gasteiger partial charge >= 0.3 is 0 Å². The number of rotatable bonds is 6. The van der Waals surface area contributed by atoms with Crippen LogP contribution in [0.2, 0.25) is 0 Å². The van der Waals surface area contributed by atoms with Gasteiger partial charge in [-0.25, -0.2) is 4.98 Å². The molecular formula is C16H29IN4OS. The summed E-state index contributed by atoms with van der Waals surface area (Å²) in [6.45, 7) is 7.96. The van der Waals surface area contributed by atoms with Crippen LogP contribution in [0.5, 0.6) is 0 Å². The van der Waals surface area contributed by atoms with Crippen LogP contribution in [-0.2, 0) is 17.6 Å². The van der Waals surface area contributed by atoms with Crippen LogP contribution in [0.15, 0.2) is 11.2 Å². The number of aryl methyl sites for hydroxylation is 1. The summed E-state index contributed by atoms with van der Waals surface area (Å²) in [5.74, 6) is 1.00. The fraction of sp³-hybridized carbons (Fsp3) is 0.750. The van der Waals surface area contributed by atoms with Gasteiger partial charge in [0.2, 0.25) is 0 Å². The highest BCUT2D eigenvalue weighted by molar-refractivity contribution is 14.0. The van der Waals surface area contributed by atoms with Crippen LogP contribution in [0, 0.1) is 0 Å². The van der Waals surface area contributed by atoms with Gasteiger partial charge in [0.1, 0.15) is 0 Å². The Morgan fingerprint density at radius 2 is 2.17 bits per heavy atom. The summed E-state index contributed by atoms with van der Waals surface area (Å²) in [7, 11) is 1.86. The largest absolute Gasteiger partial charge is 0.378 e. The molecule has 5 nitrogen and oxygen atoms in total. The first-order chi connectivity index (χ1) is 10.8. The molecule has 0 radical (unpaired) electrons. The standard InChI is InChI=1S/C16H28N4OS.HI/c1-4-14-12-19-15(22-14)6-9-18-16(17-3)20-10-7-13(8-11-20)21-5-2;/h12-13H,4-11H2,1-3H3,(H,17,18);1H. The van der Waals surface area contributed by atoms with E-state index in [0.29, 0.717) is 6.10 Å². The lowest BCUT2D eigenvalue weighted by Crippen LogP contribution is -2.47. The monoisotopic (exact) mass is 452 g/mol. The van der Waals surface area contributed by atoms with E-state index in [0.717, 1.165) is 57.9 Å². The number of likely N-dealkylation sites (tertiary alicyclic amines) is 1. The Morgan fingerprint density at radius 1 is 1.43 bits per heavy atom. The molecule has 0 saturated carbocycles. The van der Waals surface area contributed by atoms with Crippen molar-refractivity contribution in [3.05, 3.63) is 16.1 Å². The van der Waals surface area contributed by atoms with Crippen LogP contribution in [0.4, 0.5) is 0 Å². The highest BCUT2D eigenvalue weighted by Crippen LogP contribution is 2.15. The smallest absolute Gasteiger partial charge is 0.193 e. The molecule has 0 amide bonds. The molecule has 23 heavy (non-hydrogen) atoms. The normalized spacial score (nSPS) is 16.3. The van der Waals surface area contributed by atoms with Crippen molar-refractivity contribution in [2.45, 2.75) is 45.6 Å². The molecule has 1 fully saturated rings. The lowest BCUT2D eigenvalue weighted by atomic mass is 10.1. The number of nitrogens with zero attached hydrogens (tertiary/aromatic N) is 3. The van der Waals surface area contributed by atoms with Crippen LogP contribution in [0.25, 0.3) is 0 Å². The van der Waals surface area contributed by atoms with E-state index >= 15 is 0 Å². The second kappa shape index (κ2) is 11.2. The summed E-state index contributed by atoms with van der Waals surface area (Å²) in [6, 6.07) is 0. The van der Waals surface area contributed by atoms with Crippen molar-refractivity contribution in [3.8, 4) is 0 Å². The quantitative estimate of drug-likeness (QED) is 0.410. The Bertz CT molecular complexity index is 472. The predicted octanol–water partition coefficient (Wildman–Crippen LogP) is 2.94. The van der Waals surface area contributed by atoms with Crippen LogP contribution < -0.4 is 5.32 Å². The van der Waals surface area contributed by atoms with E-state index in [4.69, 9.17) is 4.74 Å². The molecule has 1 aromatic heterocycles. The third kappa shape index (κ3) is 6.54. The number of nitrogens with one attached hydrogen (secondary N) is 1. The number of aromatic nitrogens is 1. The summed E-state index contributed by atoms with van der Waals surface area (Å²) in [5.41, 5.74) is 0. The number of hydrogen-bond acceptors (Lipinski definition) is 4. The maximum absolute atomic E-state index is 5.70. The molecule has 132 valence electrons. The Kier molecular flexibility index (Phi) is 10.0. The van der Waals surface area contributed by atoms with Gasteiger partial charge in [-0.05, 0) is 26.2 Å². The van der Waals surface area contributed by atoms with Gasteiger partial charge in [0.15, 0.2) is 5.96 Å². The third-order valence-corrected chi connectivity index (χ3v) is 5.13. The van der Waals surface area contributed by atoms with Crippen molar-refractivity contribution in [3.63, 3.8) is 0 Å². The highest BCUT2D eigenvalue weighted by atomic mass is 127. The first-order valence-corrected chi connectivity index (χ1v) is 9.09. The molecule has 1 N–H and O–H groups in total. The average molecular weight is 452 g/mol. The van der Waals surface area contributed by atoms with E-state index < -0.39 is 0 Å². The van der Waals surface area contributed by atoms with Gasteiger partial charge < -0.3 is 15.0 Å². The minimum absolute atomic E-state index is 0. The summed E-state index contributed by atoms with van der Waals surface area (Å²) in [6.07, 6.45) is 6.61. The molecule has 1 saturated heterocycles. The summed E-state index contributed by atoms with van der Waals surface area (Å²) in [4.78, 5) is 12.6. The maximum atomic E-state index is 5.70. The third-order valence-electron chi connectivity index (χ3n) is 3.93. The second-order valence-corrected chi connectivity index (χ2v) is 6.64. The summed E-state index contributed by atoms with van der Waals surface area (Å²) >= 11 is 1.81. The maximum Gasteiger partial charge on any atom is 0.193 e. The van der Waals surface area contributed by atoms with Gasteiger partial charge in [-0.3, -0.25) is 4.99 Å². The molecule has 0 aromatic carbocycles. The van der Waals surface area contributed by atoms with Gasteiger partial charge in [0.05, 0.1) is 11.1 Å². The second-order valence-electron chi connectivity index (χ2n) is 5.44. The molecule has 0 atom stereocenters. The van der Waals surface area contributed by atoms with Crippen LogP contribution in [0.3, 0.4) is 0 Å². The molecule has 2 heterocycles. The van der Waals surface area contributed by atoms with Gasteiger partial charge in [0.25, 0.3) is 0 Å².